The molecule has 2 heterocycles. The molecule has 0 bridgehead atoms. The molecule has 0 amide bonds. The van der Waals surface area contributed by atoms with Crippen molar-refractivity contribution in [1.29, 1.82) is 0 Å². The van der Waals surface area contributed by atoms with Gasteiger partial charge < -0.3 is 10.4 Å². The average Bonchev–Trinajstić information content (AvgIpc) is 2.74. The summed E-state index contributed by atoms with van der Waals surface area (Å²) in [5.41, 5.74) is 4.72. The molecule has 0 aliphatic rings. The fourth-order valence-corrected chi connectivity index (χ4v) is 3.40. The number of hydrogen-bond donors (Lipinski definition) is 2. The summed E-state index contributed by atoms with van der Waals surface area (Å²) >= 11 is 0. The predicted octanol–water partition coefficient (Wildman–Crippen LogP) is 5.10. The number of anilines is 1. The van der Waals surface area contributed by atoms with E-state index >= 15 is 0 Å². The number of benzene rings is 2. The third kappa shape index (κ3) is 3.34. The molecular weight excluding hydrogens is 334 g/mol. The van der Waals surface area contributed by atoms with Gasteiger partial charge in [0.15, 0.2) is 0 Å². The Morgan fingerprint density at radius 2 is 1.74 bits per heavy atom. The summed E-state index contributed by atoms with van der Waals surface area (Å²) in [5.74, 6) is 0.205. The molecule has 1 unspecified atom stereocenters. The monoisotopic (exact) mass is 355 g/mol. The van der Waals surface area contributed by atoms with Crippen LogP contribution in [0.25, 0.3) is 10.9 Å². The van der Waals surface area contributed by atoms with E-state index in [9.17, 15) is 5.11 Å². The third-order valence-corrected chi connectivity index (χ3v) is 4.83. The Bertz CT molecular complexity index is 1060. The zero-order valence-electron chi connectivity index (χ0n) is 15.1. The van der Waals surface area contributed by atoms with Crippen molar-refractivity contribution >= 4 is 16.6 Å². The van der Waals surface area contributed by atoms with E-state index in [1.807, 2.05) is 48.5 Å². The normalized spacial score (nSPS) is 12.0. The molecular formula is C23H21N3O. The Kier molecular flexibility index (Phi) is 4.71. The average molecular weight is 355 g/mol. The van der Waals surface area contributed by atoms with E-state index in [1.54, 1.807) is 18.6 Å². The highest BCUT2D eigenvalue weighted by molar-refractivity contribution is 5.86. The minimum atomic E-state index is -0.216. The number of phenolic OH excluding ortho intramolecular Hbond substituents is 1. The molecule has 4 nitrogen and oxygen atoms in total. The number of rotatable bonds is 5. The van der Waals surface area contributed by atoms with Crippen LogP contribution >= 0.6 is 0 Å². The Hall–Kier alpha value is -3.40. The van der Waals surface area contributed by atoms with E-state index in [2.05, 4.69) is 34.3 Å². The number of aromatic hydroxyl groups is 1. The van der Waals surface area contributed by atoms with E-state index in [1.165, 1.54) is 5.56 Å². The molecule has 0 fully saturated rings. The van der Waals surface area contributed by atoms with Gasteiger partial charge in [-0.05, 0) is 41.8 Å². The number of aryl methyl sites for hydroxylation is 1. The van der Waals surface area contributed by atoms with Crippen molar-refractivity contribution < 1.29 is 5.11 Å². The van der Waals surface area contributed by atoms with E-state index in [-0.39, 0.29) is 11.8 Å². The summed E-state index contributed by atoms with van der Waals surface area (Å²) in [6, 6.07) is 19.8. The number of hydrogen-bond acceptors (Lipinski definition) is 4. The van der Waals surface area contributed by atoms with Crippen molar-refractivity contribution in [2.45, 2.75) is 19.4 Å². The minimum Gasteiger partial charge on any atom is -0.505 e. The van der Waals surface area contributed by atoms with Crippen molar-refractivity contribution in [2.75, 3.05) is 5.32 Å². The minimum absolute atomic E-state index is 0.205. The van der Waals surface area contributed by atoms with Crippen LogP contribution in [-0.4, -0.2) is 15.1 Å². The first-order valence-corrected chi connectivity index (χ1v) is 9.09. The lowest BCUT2D eigenvalue weighted by molar-refractivity contribution is 0.471. The summed E-state index contributed by atoms with van der Waals surface area (Å²) in [5, 5.41) is 15.5. The van der Waals surface area contributed by atoms with Crippen LogP contribution < -0.4 is 5.32 Å². The Labute approximate surface area is 158 Å². The molecule has 2 N–H and O–H groups in total. The molecule has 2 aromatic heterocycles. The predicted molar refractivity (Wildman–Crippen MR) is 109 cm³/mol. The van der Waals surface area contributed by atoms with Crippen LogP contribution in [0.2, 0.25) is 0 Å². The van der Waals surface area contributed by atoms with Crippen LogP contribution in [0, 0.1) is 0 Å². The van der Waals surface area contributed by atoms with Gasteiger partial charge >= 0.3 is 0 Å². The molecule has 0 saturated heterocycles. The second-order valence-electron chi connectivity index (χ2n) is 6.45. The van der Waals surface area contributed by atoms with Crippen LogP contribution in [0.1, 0.15) is 29.7 Å². The van der Waals surface area contributed by atoms with Crippen LogP contribution in [0.3, 0.4) is 0 Å². The van der Waals surface area contributed by atoms with E-state index in [0.29, 0.717) is 5.52 Å². The van der Waals surface area contributed by atoms with E-state index in [0.717, 1.165) is 28.6 Å². The topological polar surface area (TPSA) is 58.0 Å². The molecule has 0 spiro atoms. The van der Waals surface area contributed by atoms with Crippen LogP contribution in [0.15, 0.2) is 79.3 Å². The fraction of sp³-hybridized carbons (Fsp3) is 0.130. The lowest BCUT2D eigenvalue weighted by Gasteiger charge is -2.23. The first kappa shape index (κ1) is 17.0. The van der Waals surface area contributed by atoms with Gasteiger partial charge in [-0.3, -0.25) is 9.97 Å². The van der Waals surface area contributed by atoms with Gasteiger partial charge in [0.1, 0.15) is 11.3 Å². The van der Waals surface area contributed by atoms with Gasteiger partial charge in [0.05, 0.1) is 6.04 Å². The van der Waals surface area contributed by atoms with Gasteiger partial charge in [0, 0.05) is 35.2 Å². The second kappa shape index (κ2) is 7.46. The van der Waals surface area contributed by atoms with Gasteiger partial charge in [-0.15, -0.1) is 0 Å². The largest absolute Gasteiger partial charge is 0.505 e. The number of pyridine rings is 2. The summed E-state index contributed by atoms with van der Waals surface area (Å²) in [4.78, 5) is 8.50. The highest BCUT2D eigenvalue weighted by atomic mass is 16.3. The van der Waals surface area contributed by atoms with Crippen LogP contribution in [-0.2, 0) is 6.42 Å². The summed E-state index contributed by atoms with van der Waals surface area (Å²) in [6.07, 6.45) is 6.17. The summed E-state index contributed by atoms with van der Waals surface area (Å²) in [6.45, 7) is 2.14. The van der Waals surface area contributed by atoms with Gasteiger partial charge in [-0.25, -0.2) is 0 Å². The van der Waals surface area contributed by atoms with Crippen molar-refractivity contribution in [3.8, 4) is 5.75 Å². The van der Waals surface area contributed by atoms with Crippen LogP contribution in [0.5, 0.6) is 5.75 Å². The maximum Gasteiger partial charge on any atom is 0.147 e. The lowest BCUT2D eigenvalue weighted by atomic mass is 9.96. The molecule has 0 aliphatic carbocycles. The van der Waals surface area contributed by atoms with Crippen LogP contribution in [0.4, 0.5) is 5.69 Å². The van der Waals surface area contributed by atoms with Crippen molar-refractivity contribution in [3.05, 3.63) is 95.9 Å². The number of phenols is 1. The Morgan fingerprint density at radius 1 is 0.926 bits per heavy atom. The Morgan fingerprint density at radius 3 is 2.56 bits per heavy atom. The molecule has 134 valence electrons. The smallest absolute Gasteiger partial charge is 0.147 e. The van der Waals surface area contributed by atoms with Gasteiger partial charge in [-0.2, -0.15) is 0 Å². The molecule has 4 heteroatoms. The molecule has 4 aromatic rings. The first-order valence-electron chi connectivity index (χ1n) is 9.09. The maximum atomic E-state index is 11.0. The first-order chi connectivity index (χ1) is 13.3. The SMILES string of the molecule is CCc1ccccc1NC(c1ccncc1)c1ccc2cccnc2c1O. The molecule has 0 aliphatic heterocycles. The summed E-state index contributed by atoms with van der Waals surface area (Å²) < 4.78 is 0. The fourth-order valence-electron chi connectivity index (χ4n) is 3.40. The molecule has 2 aromatic carbocycles. The molecule has 4 rings (SSSR count). The molecule has 0 radical (unpaired) electrons. The standard InChI is InChI=1S/C23H21N3O/c1-2-16-6-3-4-8-20(16)26-21(18-11-14-24-15-12-18)19-10-9-17-7-5-13-25-22(17)23(19)27/h3-15,21,26-27H,2H2,1H3. The number of fused-ring (bicyclic) bond motifs is 1. The lowest BCUT2D eigenvalue weighted by Crippen LogP contribution is -2.14. The number of para-hydroxylation sites is 1. The zero-order valence-corrected chi connectivity index (χ0v) is 15.1. The number of aromatic nitrogens is 2. The van der Waals surface area contributed by atoms with Gasteiger partial charge in [0.25, 0.3) is 0 Å². The van der Waals surface area contributed by atoms with Crippen molar-refractivity contribution in [2.24, 2.45) is 0 Å². The molecule has 27 heavy (non-hydrogen) atoms. The molecule has 1 atom stereocenters. The quantitative estimate of drug-likeness (QED) is 0.523. The van der Waals surface area contributed by atoms with E-state index < -0.39 is 0 Å². The number of nitrogens with zero attached hydrogens (tertiary/aromatic N) is 2. The van der Waals surface area contributed by atoms with E-state index in [4.69, 9.17) is 0 Å². The Balaban J connectivity index is 1.85. The second-order valence-corrected chi connectivity index (χ2v) is 6.45. The van der Waals surface area contributed by atoms with Crippen molar-refractivity contribution in [1.82, 2.24) is 9.97 Å². The highest BCUT2D eigenvalue weighted by Crippen LogP contribution is 2.36. The highest BCUT2D eigenvalue weighted by Gasteiger charge is 2.20. The maximum absolute atomic E-state index is 11.0. The van der Waals surface area contributed by atoms with Gasteiger partial charge in [0.2, 0.25) is 0 Å². The number of nitrogens with one attached hydrogen (secondary N) is 1. The zero-order chi connectivity index (χ0) is 18.6. The van der Waals surface area contributed by atoms with Crippen molar-refractivity contribution in [3.63, 3.8) is 0 Å². The molecule has 0 saturated carbocycles. The van der Waals surface area contributed by atoms with Gasteiger partial charge in [-0.1, -0.05) is 43.3 Å². The third-order valence-electron chi connectivity index (χ3n) is 4.83. The summed E-state index contributed by atoms with van der Waals surface area (Å²) in [7, 11) is 0.